The van der Waals surface area contributed by atoms with E-state index < -0.39 is 11.9 Å². The lowest BCUT2D eigenvalue weighted by Crippen LogP contribution is -2.09. The number of benzene rings is 3. The zero-order valence-corrected chi connectivity index (χ0v) is 16.0. The molecule has 0 heterocycles. The molecule has 0 saturated heterocycles. The Labute approximate surface area is 159 Å². The van der Waals surface area contributed by atoms with Gasteiger partial charge >= 0.3 is 11.9 Å². The highest BCUT2D eigenvalue weighted by Crippen LogP contribution is 2.40. The van der Waals surface area contributed by atoms with Crippen molar-refractivity contribution in [3.63, 3.8) is 0 Å². The Balaban J connectivity index is 2.28. The van der Waals surface area contributed by atoms with E-state index in [1.807, 2.05) is 12.1 Å². The fraction of sp³-hybridized carbons (Fsp3) is 0.304. The standard InChI is InChI=1S/C23H24O4/c1-4-5-6-11-20-21-13-18-10-8-7-9-17(18)12-19(21)14-22(26-15(2)24)23(20)27-16(3)25/h7-10,12-14H,4-6,11H2,1-3H3. The summed E-state index contributed by atoms with van der Waals surface area (Å²) < 4.78 is 10.9. The summed E-state index contributed by atoms with van der Waals surface area (Å²) in [7, 11) is 0. The van der Waals surface area contributed by atoms with E-state index in [9.17, 15) is 9.59 Å². The highest BCUT2D eigenvalue weighted by Gasteiger charge is 2.19. The second kappa shape index (κ2) is 8.21. The molecule has 0 saturated carbocycles. The molecule has 0 radical (unpaired) electrons. The molecule has 27 heavy (non-hydrogen) atoms. The van der Waals surface area contributed by atoms with Crippen LogP contribution in [-0.4, -0.2) is 11.9 Å². The maximum Gasteiger partial charge on any atom is 0.308 e. The van der Waals surface area contributed by atoms with Crippen LogP contribution in [0.3, 0.4) is 0 Å². The van der Waals surface area contributed by atoms with Gasteiger partial charge in [-0.15, -0.1) is 0 Å². The first-order valence-electron chi connectivity index (χ1n) is 9.34. The van der Waals surface area contributed by atoms with Crippen molar-refractivity contribution in [2.24, 2.45) is 0 Å². The van der Waals surface area contributed by atoms with Crippen LogP contribution in [0.5, 0.6) is 11.5 Å². The largest absolute Gasteiger partial charge is 0.423 e. The number of unbranched alkanes of at least 4 members (excludes halogenated alkanes) is 2. The Hall–Kier alpha value is -2.88. The molecule has 0 spiro atoms. The van der Waals surface area contributed by atoms with Crippen LogP contribution in [0.2, 0.25) is 0 Å². The topological polar surface area (TPSA) is 52.6 Å². The Morgan fingerprint density at radius 1 is 0.852 bits per heavy atom. The fourth-order valence-electron chi connectivity index (χ4n) is 3.40. The van der Waals surface area contributed by atoms with E-state index in [-0.39, 0.29) is 0 Å². The van der Waals surface area contributed by atoms with Crippen LogP contribution in [-0.2, 0) is 16.0 Å². The SMILES string of the molecule is CCCCCc1c(OC(C)=O)c(OC(C)=O)cc2cc3ccccc3cc12. The zero-order valence-electron chi connectivity index (χ0n) is 16.0. The second-order valence-electron chi connectivity index (χ2n) is 6.75. The summed E-state index contributed by atoms with van der Waals surface area (Å²) in [5, 5.41) is 4.22. The Bertz CT molecular complexity index is 1000. The van der Waals surface area contributed by atoms with Crippen LogP contribution >= 0.6 is 0 Å². The van der Waals surface area contributed by atoms with E-state index in [0.717, 1.165) is 52.8 Å². The van der Waals surface area contributed by atoms with Crippen molar-refractivity contribution in [1.82, 2.24) is 0 Å². The first-order chi connectivity index (χ1) is 13.0. The third kappa shape index (κ3) is 4.27. The van der Waals surface area contributed by atoms with Gasteiger partial charge in [0.1, 0.15) is 0 Å². The molecular weight excluding hydrogens is 340 g/mol. The minimum atomic E-state index is -0.442. The molecular formula is C23H24O4. The van der Waals surface area contributed by atoms with Crippen molar-refractivity contribution in [3.05, 3.63) is 48.0 Å². The number of aryl methyl sites for hydroxylation is 1. The first kappa shape index (κ1) is 18.9. The Kier molecular flexibility index (Phi) is 5.75. The average Bonchev–Trinajstić information content (AvgIpc) is 2.62. The smallest absolute Gasteiger partial charge is 0.308 e. The van der Waals surface area contributed by atoms with E-state index in [1.54, 1.807) is 6.07 Å². The summed E-state index contributed by atoms with van der Waals surface area (Å²) >= 11 is 0. The van der Waals surface area contributed by atoms with E-state index in [4.69, 9.17) is 9.47 Å². The molecule has 0 aliphatic rings. The van der Waals surface area contributed by atoms with E-state index in [0.29, 0.717) is 11.5 Å². The maximum atomic E-state index is 11.7. The Morgan fingerprint density at radius 3 is 2.15 bits per heavy atom. The summed E-state index contributed by atoms with van der Waals surface area (Å²) in [5.74, 6) is -0.216. The molecule has 0 aromatic heterocycles. The van der Waals surface area contributed by atoms with Gasteiger partial charge in [0, 0.05) is 19.4 Å². The van der Waals surface area contributed by atoms with Crippen molar-refractivity contribution in [1.29, 1.82) is 0 Å². The van der Waals surface area contributed by atoms with Gasteiger partial charge in [-0.25, -0.2) is 0 Å². The quantitative estimate of drug-likeness (QED) is 0.248. The van der Waals surface area contributed by atoms with Gasteiger partial charge in [0.05, 0.1) is 0 Å². The lowest BCUT2D eigenvalue weighted by molar-refractivity contribution is -0.134. The first-order valence-corrected chi connectivity index (χ1v) is 9.34. The van der Waals surface area contributed by atoms with Crippen molar-refractivity contribution < 1.29 is 19.1 Å². The monoisotopic (exact) mass is 364 g/mol. The van der Waals surface area contributed by atoms with Crippen molar-refractivity contribution >= 4 is 33.5 Å². The number of carbonyl (C=O) groups excluding carboxylic acids is 2. The molecule has 0 amide bonds. The van der Waals surface area contributed by atoms with Gasteiger partial charge in [-0.2, -0.15) is 0 Å². The predicted molar refractivity (Wildman–Crippen MR) is 107 cm³/mol. The van der Waals surface area contributed by atoms with Gasteiger partial charge < -0.3 is 9.47 Å². The number of rotatable bonds is 6. The molecule has 0 bridgehead atoms. The molecule has 3 aromatic carbocycles. The Morgan fingerprint density at radius 2 is 1.52 bits per heavy atom. The summed E-state index contributed by atoms with van der Waals surface area (Å²) in [4.78, 5) is 23.3. The van der Waals surface area contributed by atoms with Gasteiger partial charge in [-0.3, -0.25) is 9.59 Å². The van der Waals surface area contributed by atoms with Gasteiger partial charge in [0.25, 0.3) is 0 Å². The van der Waals surface area contributed by atoms with E-state index >= 15 is 0 Å². The number of hydrogen-bond acceptors (Lipinski definition) is 4. The number of fused-ring (bicyclic) bond motifs is 2. The van der Waals surface area contributed by atoms with Gasteiger partial charge in [-0.1, -0.05) is 44.0 Å². The highest BCUT2D eigenvalue weighted by atomic mass is 16.6. The number of hydrogen-bond donors (Lipinski definition) is 0. The lowest BCUT2D eigenvalue weighted by Gasteiger charge is -2.17. The molecule has 0 N–H and O–H groups in total. The maximum absolute atomic E-state index is 11.7. The number of carbonyl (C=O) groups is 2. The summed E-state index contributed by atoms with van der Waals surface area (Å²) in [6, 6.07) is 14.1. The van der Waals surface area contributed by atoms with E-state index in [2.05, 4.69) is 31.2 Å². The van der Waals surface area contributed by atoms with Crippen LogP contribution < -0.4 is 9.47 Å². The molecule has 3 aromatic rings. The van der Waals surface area contributed by atoms with Crippen LogP contribution in [0.1, 0.15) is 45.6 Å². The minimum Gasteiger partial charge on any atom is -0.423 e. The van der Waals surface area contributed by atoms with Crippen molar-refractivity contribution in [2.75, 3.05) is 0 Å². The van der Waals surface area contributed by atoms with Gasteiger partial charge in [0.2, 0.25) is 0 Å². The van der Waals surface area contributed by atoms with Gasteiger partial charge in [0.15, 0.2) is 11.5 Å². The molecule has 3 rings (SSSR count). The molecule has 0 atom stereocenters. The summed E-state index contributed by atoms with van der Waals surface area (Å²) in [6.07, 6.45) is 3.89. The van der Waals surface area contributed by atoms with Crippen molar-refractivity contribution in [3.8, 4) is 11.5 Å². The van der Waals surface area contributed by atoms with Crippen LogP contribution in [0, 0.1) is 0 Å². The zero-order chi connectivity index (χ0) is 19.4. The van der Waals surface area contributed by atoms with Crippen molar-refractivity contribution in [2.45, 2.75) is 46.5 Å². The normalized spacial score (nSPS) is 10.9. The summed E-state index contributed by atoms with van der Waals surface area (Å²) in [6.45, 7) is 4.85. The minimum absolute atomic E-state index is 0.298. The summed E-state index contributed by atoms with van der Waals surface area (Å²) in [5.41, 5.74) is 0.915. The number of ether oxygens (including phenoxy) is 2. The molecule has 0 aliphatic heterocycles. The third-order valence-electron chi connectivity index (χ3n) is 4.56. The molecule has 4 heteroatoms. The van der Waals surface area contributed by atoms with Crippen LogP contribution in [0.4, 0.5) is 0 Å². The van der Waals surface area contributed by atoms with Crippen LogP contribution in [0.25, 0.3) is 21.5 Å². The van der Waals surface area contributed by atoms with Gasteiger partial charge in [-0.05, 0) is 52.6 Å². The molecule has 0 unspecified atom stereocenters. The predicted octanol–water partition coefficient (Wildman–Crippen LogP) is 5.58. The highest BCUT2D eigenvalue weighted by molar-refractivity contribution is 6.02. The second-order valence-corrected chi connectivity index (χ2v) is 6.75. The molecule has 4 nitrogen and oxygen atoms in total. The number of esters is 2. The molecule has 0 fully saturated rings. The van der Waals surface area contributed by atoms with E-state index in [1.165, 1.54) is 13.8 Å². The molecule has 0 aliphatic carbocycles. The van der Waals surface area contributed by atoms with Crippen LogP contribution in [0.15, 0.2) is 42.5 Å². The molecule has 140 valence electrons. The lowest BCUT2D eigenvalue weighted by atomic mass is 9.95. The fourth-order valence-corrected chi connectivity index (χ4v) is 3.40. The third-order valence-corrected chi connectivity index (χ3v) is 4.56. The average molecular weight is 364 g/mol.